The molecule has 0 unspecified atom stereocenters. The predicted molar refractivity (Wildman–Crippen MR) is 109 cm³/mol. The van der Waals surface area contributed by atoms with Gasteiger partial charge in [0.05, 0.1) is 5.60 Å². The quantitative estimate of drug-likeness (QED) is 0.749. The fourth-order valence-corrected chi connectivity index (χ4v) is 4.94. The molecule has 28 heavy (non-hydrogen) atoms. The summed E-state index contributed by atoms with van der Waals surface area (Å²) in [5, 5.41) is 11.6. The van der Waals surface area contributed by atoms with E-state index in [1.807, 2.05) is 18.2 Å². The van der Waals surface area contributed by atoms with Crippen molar-refractivity contribution in [2.24, 2.45) is 5.92 Å². The molecule has 1 saturated heterocycles. The van der Waals surface area contributed by atoms with Crippen LogP contribution in [0.25, 0.3) is 0 Å². The molecule has 8 heteroatoms. The summed E-state index contributed by atoms with van der Waals surface area (Å²) in [5.41, 5.74) is -0.197. The van der Waals surface area contributed by atoms with Gasteiger partial charge in [0, 0.05) is 36.4 Å². The first-order valence-electron chi connectivity index (χ1n) is 9.55. The van der Waals surface area contributed by atoms with Crippen molar-refractivity contribution in [3.8, 4) is 0 Å². The average Bonchev–Trinajstić information content (AvgIpc) is 3.52. The van der Waals surface area contributed by atoms with Crippen molar-refractivity contribution in [3.05, 3.63) is 53.2 Å². The van der Waals surface area contributed by atoms with Gasteiger partial charge in [-0.25, -0.2) is 18.1 Å². The fourth-order valence-electron chi connectivity index (χ4n) is 3.57. The molecule has 0 atom stereocenters. The van der Waals surface area contributed by atoms with Crippen LogP contribution in [0.3, 0.4) is 0 Å². The van der Waals surface area contributed by atoms with E-state index < -0.39 is 15.6 Å². The van der Waals surface area contributed by atoms with E-state index in [4.69, 9.17) is 11.6 Å². The fraction of sp³-hybridized carbons (Fsp3) is 0.450. The normalized spacial score (nSPS) is 19.6. The Kier molecular flexibility index (Phi) is 5.35. The number of anilines is 1. The van der Waals surface area contributed by atoms with E-state index in [-0.39, 0.29) is 4.90 Å². The number of sulfonamides is 1. The zero-order valence-corrected chi connectivity index (χ0v) is 17.1. The number of rotatable bonds is 6. The molecule has 0 amide bonds. The molecule has 0 spiro atoms. The van der Waals surface area contributed by atoms with Crippen LogP contribution in [0.1, 0.15) is 31.2 Å². The van der Waals surface area contributed by atoms with Gasteiger partial charge in [-0.05, 0) is 49.8 Å². The minimum Gasteiger partial charge on any atom is -0.385 e. The molecule has 150 valence electrons. The van der Waals surface area contributed by atoms with Gasteiger partial charge in [0.1, 0.15) is 10.7 Å². The van der Waals surface area contributed by atoms with E-state index in [2.05, 4.69) is 14.6 Å². The van der Waals surface area contributed by atoms with E-state index in [1.165, 1.54) is 6.20 Å². The summed E-state index contributed by atoms with van der Waals surface area (Å²) in [6, 6.07) is 10.7. The molecule has 2 N–H and O–H groups in total. The number of hydrogen-bond donors (Lipinski definition) is 2. The number of benzene rings is 1. The van der Waals surface area contributed by atoms with Crippen LogP contribution >= 0.6 is 11.6 Å². The second-order valence-corrected chi connectivity index (χ2v) is 9.82. The third-order valence-corrected chi connectivity index (χ3v) is 7.32. The topological polar surface area (TPSA) is 82.5 Å². The van der Waals surface area contributed by atoms with E-state index in [0.29, 0.717) is 49.2 Å². The number of pyridine rings is 1. The highest BCUT2D eigenvalue weighted by Crippen LogP contribution is 2.37. The summed E-state index contributed by atoms with van der Waals surface area (Å²) >= 11 is 6.26. The number of nitrogens with one attached hydrogen (secondary N) is 1. The lowest BCUT2D eigenvalue weighted by molar-refractivity contribution is 0.0117. The van der Waals surface area contributed by atoms with Crippen molar-refractivity contribution in [3.63, 3.8) is 0 Å². The molecule has 6 nitrogen and oxygen atoms in total. The zero-order chi connectivity index (χ0) is 19.8. The zero-order valence-electron chi connectivity index (χ0n) is 15.5. The van der Waals surface area contributed by atoms with E-state index >= 15 is 0 Å². The van der Waals surface area contributed by atoms with Crippen molar-refractivity contribution >= 4 is 27.4 Å². The molecule has 1 aliphatic carbocycles. The molecule has 0 bridgehead atoms. The van der Waals surface area contributed by atoms with Crippen LogP contribution in [0.4, 0.5) is 5.82 Å². The Hall–Kier alpha value is -1.67. The molecule has 1 aromatic heterocycles. The number of piperidine rings is 1. The monoisotopic (exact) mass is 421 g/mol. The van der Waals surface area contributed by atoms with Gasteiger partial charge >= 0.3 is 0 Å². The standard InChI is InChI=1S/C20H24ClN3O3S/c21-18-4-2-1-3-17(18)20(25)9-11-24(12-10-20)19-8-7-16(14-22-19)28(26,27)23-13-15-5-6-15/h1-4,7-8,14-15,23,25H,5-6,9-13H2. The number of nitrogens with zero attached hydrogens (tertiary/aromatic N) is 2. The van der Waals surface area contributed by atoms with Crippen molar-refractivity contribution in [2.45, 2.75) is 36.2 Å². The van der Waals surface area contributed by atoms with Gasteiger partial charge in [-0.1, -0.05) is 29.8 Å². The summed E-state index contributed by atoms with van der Waals surface area (Å²) in [5.74, 6) is 1.19. The molecule has 2 aromatic rings. The smallest absolute Gasteiger partial charge is 0.242 e. The van der Waals surface area contributed by atoms with Crippen LogP contribution < -0.4 is 9.62 Å². The second-order valence-electron chi connectivity index (χ2n) is 7.65. The Morgan fingerprint density at radius 1 is 1.18 bits per heavy atom. The van der Waals surface area contributed by atoms with Gasteiger partial charge in [-0.2, -0.15) is 0 Å². The van der Waals surface area contributed by atoms with E-state index in [0.717, 1.165) is 18.4 Å². The second kappa shape index (κ2) is 7.63. The molecule has 2 heterocycles. The Bertz CT molecular complexity index is 937. The highest BCUT2D eigenvalue weighted by Gasteiger charge is 2.35. The Morgan fingerprint density at radius 2 is 1.89 bits per heavy atom. The first-order chi connectivity index (χ1) is 13.4. The largest absolute Gasteiger partial charge is 0.385 e. The van der Waals surface area contributed by atoms with Crippen LogP contribution in [0.2, 0.25) is 5.02 Å². The van der Waals surface area contributed by atoms with Crippen molar-refractivity contribution in [1.82, 2.24) is 9.71 Å². The van der Waals surface area contributed by atoms with E-state index in [1.54, 1.807) is 18.2 Å². The van der Waals surface area contributed by atoms with Gasteiger partial charge in [0.2, 0.25) is 10.0 Å². The molecule has 2 aliphatic rings. The number of aromatic nitrogens is 1. The first kappa shape index (κ1) is 19.6. The van der Waals surface area contributed by atoms with E-state index in [9.17, 15) is 13.5 Å². The summed E-state index contributed by atoms with van der Waals surface area (Å²) < 4.78 is 27.3. The Balaban J connectivity index is 1.41. The highest BCUT2D eigenvalue weighted by atomic mass is 35.5. The predicted octanol–water partition coefficient (Wildman–Crippen LogP) is 2.91. The van der Waals surface area contributed by atoms with Crippen molar-refractivity contribution in [2.75, 3.05) is 24.5 Å². The Morgan fingerprint density at radius 3 is 2.50 bits per heavy atom. The Labute approximate surface area is 170 Å². The van der Waals surface area contributed by atoms with Crippen LogP contribution in [0.15, 0.2) is 47.5 Å². The van der Waals surface area contributed by atoms with Crippen LogP contribution in [-0.2, 0) is 15.6 Å². The van der Waals surface area contributed by atoms with Crippen LogP contribution in [0, 0.1) is 5.92 Å². The number of aliphatic hydroxyl groups is 1. The number of hydrogen-bond acceptors (Lipinski definition) is 5. The lowest BCUT2D eigenvalue weighted by atomic mass is 9.84. The third kappa shape index (κ3) is 4.17. The summed E-state index contributed by atoms with van der Waals surface area (Å²) in [6.07, 6.45) is 4.65. The number of halogens is 1. The molecule has 1 aromatic carbocycles. The van der Waals surface area contributed by atoms with Gasteiger partial charge in [-0.3, -0.25) is 0 Å². The molecular weight excluding hydrogens is 398 g/mol. The third-order valence-electron chi connectivity index (χ3n) is 5.58. The first-order valence-corrected chi connectivity index (χ1v) is 11.4. The maximum absolute atomic E-state index is 12.3. The molecule has 2 fully saturated rings. The molecule has 1 saturated carbocycles. The summed E-state index contributed by atoms with van der Waals surface area (Å²) in [4.78, 5) is 6.59. The van der Waals surface area contributed by atoms with Crippen LogP contribution in [0.5, 0.6) is 0 Å². The molecular formula is C20H24ClN3O3S. The summed E-state index contributed by atoms with van der Waals surface area (Å²) in [7, 11) is -3.51. The average molecular weight is 422 g/mol. The van der Waals surface area contributed by atoms with Gasteiger partial charge in [0.15, 0.2) is 0 Å². The highest BCUT2D eigenvalue weighted by molar-refractivity contribution is 7.89. The SMILES string of the molecule is O=S(=O)(NCC1CC1)c1ccc(N2CCC(O)(c3ccccc3Cl)CC2)nc1. The van der Waals surface area contributed by atoms with Gasteiger partial charge < -0.3 is 10.0 Å². The lowest BCUT2D eigenvalue weighted by Gasteiger charge is -2.39. The maximum Gasteiger partial charge on any atom is 0.242 e. The summed E-state index contributed by atoms with van der Waals surface area (Å²) in [6.45, 7) is 1.72. The van der Waals surface area contributed by atoms with Crippen molar-refractivity contribution < 1.29 is 13.5 Å². The minimum atomic E-state index is -3.51. The van der Waals surface area contributed by atoms with Crippen molar-refractivity contribution in [1.29, 1.82) is 0 Å². The minimum absolute atomic E-state index is 0.182. The molecule has 0 radical (unpaired) electrons. The van der Waals surface area contributed by atoms with Gasteiger partial charge in [-0.15, -0.1) is 0 Å². The lowest BCUT2D eigenvalue weighted by Crippen LogP contribution is -2.43. The molecule has 1 aliphatic heterocycles. The molecule has 4 rings (SSSR count). The maximum atomic E-state index is 12.3. The van der Waals surface area contributed by atoms with Gasteiger partial charge in [0.25, 0.3) is 0 Å². The van der Waals surface area contributed by atoms with Crippen LogP contribution in [-0.4, -0.2) is 38.1 Å².